The van der Waals surface area contributed by atoms with Crippen LogP contribution < -0.4 is 0 Å². The highest BCUT2D eigenvalue weighted by atomic mass is 35.5. The quantitative estimate of drug-likeness (QED) is 0.676. The van der Waals surface area contributed by atoms with Crippen molar-refractivity contribution in [2.45, 2.75) is 23.1 Å². The minimum atomic E-state index is -1.53. The molecule has 0 rings (SSSR count). The first-order chi connectivity index (χ1) is 4.90. The van der Waals surface area contributed by atoms with Gasteiger partial charge in [-0.3, -0.25) is 4.79 Å². The number of carbonyl (C=O) groups excluding carboxylic acids is 1. The van der Waals surface area contributed by atoms with Crippen molar-refractivity contribution < 1.29 is 4.79 Å². The van der Waals surface area contributed by atoms with Gasteiger partial charge in [-0.05, 0) is 6.92 Å². The van der Waals surface area contributed by atoms with E-state index in [1.54, 1.807) is 6.07 Å². The van der Waals surface area contributed by atoms with E-state index in [0.29, 0.717) is 0 Å². The van der Waals surface area contributed by atoms with Gasteiger partial charge in [0.25, 0.3) is 0 Å². The van der Waals surface area contributed by atoms with Crippen molar-refractivity contribution >= 4 is 40.6 Å². The molecule has 0 aliphatic heterocycles. The molecule has 0 aromatic carbocycles. The van der Waals surface area contributed by atoms with Gasteiger partial charge in [-0.1, -0.05) is 23.2 Å². The Labute approximate surface area is 80.0 Å². The number of carbonyl (C=O) groups is 1. The van der Waals surface area contributed by atoms with Crippen LogP contribution in [-0.2, 0) is 4.79 Å². The highest BCUT2D eigenvalue weighted by molar-refractivity contribution is 6.58. The van der Waals surface area contributed by atoms with Crippen molar-refractivity contribution in [3.05, 3.63) is 0 Å². The topological polar surface area (TPSA) is 40.9 Å². The van der Waals surface area contributed by atoms with E-state index >= 15 is 0 Å². The number of alkyl halides is 3. The van der Waals surface area contributed by atoms with Crippen LogP contribution in [0.3, 0.4) is 0 Å². The van der Waals surface area contributed by atoms with E-state index in [9.17, 15) is 4.79 Å². The number of rotatable bonds is 3. The Balaban J connectivity index is 4.15. The molecular formula is C6H6Cl3NO. The Hall–Kier alpha value is 0.0300. The van der Waals surface area contributed by atoms with Gasteiger partial charge in [0.2, 0.25) is 0 Å². The van der Waals surface area contributed by atoms with Gasteiger partial charge in [0.05, 0.1) is 6.07 Å². The van der Waals surface area contributed by atoms with Crippen molar-refractivity contribution in [3.8, 4) is 6.07 Å². The molecule has 0 saturated carbocycles. The molecule has 0 aromatic heterocycles. The third-order valence-corrected chi connectivity index (χ3v) is 2.18. The fourth-order valence-electron chi connectivity index (χ4n) is 0.414. The van der Waals surface area contributed by atoms with Crippen molar-refractivity contribution in [3.63, 3.8) is 0 Å². The number of halogens is 3. The van der Waals surface area contributed by atoms with Crippen LogP contribution in [0.1, 0.15) is 13.3 Å². The first-order valence-corrected chi connectivity index (χ1v) is 4.02. The lowest BCUT2D eigenvalue weighted by Gasteiger charge is -2.15. The second kappa shape index (κ2) is 4.15. The summed E-state index contributed by atoms with van der Waals surface area (Å²) in [6.45, 7) is 1.25. The molecular weight excluding hydrogens is 208 g/mol. The minimum absolute atomic E-state index is 0.0521. The second-order valence-electron chi connectivity index (χ2n) is 2.06. The Bertz CT molecular complexity index is 196. The van der Waals surface area contributed by atoms with Crippen molar-refractivity contribution in [1.82, 2.24) is 0 Å². The van der Waals surface area contributed by atoms with Gasteiger partial charge in [0.1, 0.15) is 5.38 Å². The largest absolute Gasteiger partial charge is 0.297 e. The lowest BCUT2D eigenvalue weighted by Crippen LogP contribution is -2.26. The second-order valence-corrected chi connectivity index (χ2v) is 4.07. The van der Waals surface area contributed by atoms with Crippen molar-refractivity contribution in [2.24, 2.45) is 0 Å². The van der Waals surface area contributed by atoms with Gasteiger partial charge in [-0.2, -0.15) is 5.26 Å². The summed E-state index contributed by atoms with van der Waals surface area (Å²) in [5.41, 5.74) is 0. The van der Waals surface area contributed by atoms with Crippen LogP contribution in [0.15, 0.2) is 0 Å². The Morgan fingerprint density at radius 2 is 2.18 bits per heavy atom. The van der Waals surface area contributed by atoms with Crippen LogP contribution in [0.2, 0.25) is 0 Å². The fraction of sp³-hybridized carbons (Fsp3) is 0.667. The van der Waals surface area contributed by atoms with Crippen molar-refractivity contribution in [2.75, 3.05) is 0 Å². The van der Waals surface area contributed by atoms with Crippen LogP contribution in [-0.4, -0.2) is 15.5 Å². The SMILES string of the molecule is CC(=O)C(Cl)(Cl)CC(Cl)C#N. The number of nitrogens with zero attached hydrogens (tertiary/aromatic N) is 1. The van der Waals surface area contributed by atoms with Gasteiger partial charge in [0, 0.05) is 6.42 Å². The number of ketones is 1. The molecule has 5 heteroatoms. The summed E-state index contributed by atoms with van der Waals surface area (Å²) in [5, 5.41) is 7.44. The average Bonchev–Trinajstić information content (AvgIpc) is 1.86. The first-order valence-electron chi connectivity index (χ1n) is 2.82. The third-order valence-electron chi connectivity index (χ3n) is 1.09. The maximum absolute atomic E-state index is 10.7. The number of hydrogen-bond acceptors (Lipinski definition) is 2. The summed E-state index contributed by atoms with van der Waals surface area (Å²) in [7, 11) is 0. The van der Waals surface area contributed by atoms with Gasteiger partial charge in [-0.15, -0.1) is 11.6 Å². The summed E-state index contributed by atoms with van der Waals surface area (Å²) in [4.78, 5) is 10.7. The predicted octanol–water partition coefficient (Wildman–Crippen LogP) is 2.27. The van der Waals surface area contributed by atoms with Crippen LogP contribution in [0.4, 0.5) is 0 Å². The predicted molar refractivity (Wildman–Crippen MR) is 45.0 cm³/mol. The first kappa shape index (κ1) is 11.0. The molecule has 11 heavy (non-hydrogen) atoms. The van der Waals surface area contributed by atoms with Crippen LogP contribution >= 0.6 is 34.8 Å². The zero-order chi connectivity index (χ0) is 9.07. The molecule has 0 bridgehead atoms. The lowest BCUT2D eigenvalue weighted by atomic mass is 10.2. The van der Waals surface area contributed by atoms with E-state index in [0.717, 1.165) is 0 Å². The zero-order valence-electron chi connectivity index (χ0n) is 5.77. The summed E-state index contributed by atoms with van der Waals surface area (Å²) in [5.74, 6) is -0.401. The van der Waals surface area contributed by atoms with Gasteiger partial charge in [-0.25, -0.2) is 0 Å². The molecule has 0 aromatic rings. The maximum Gasteiger partial charge on any atom is 0.178 e. The summed E-state index contributed by atoms with van der Waals surface area (Å²) < 4.78 is -1.53. The fourth-order valence-corrected chi connectivity index (χ4v) is 1.11. The van der Waals surface area contributed by atoms with Crippen LogP contribution in [0.25, 0.3) is 0 Å². The molecule has 0 aliphatic carbocycles. The Kier molecular flexibility index (Phi) is 4.17. The highest BCUT2D eigenvalue weighted by Crippen LogP contribution is 2.29. The normalized spacial score (nSPS) is 13.7. The molecule has 0 N–H and O–H groups in total. The molecule has 0 heterocycles. The molecule has 0 saturated heterocycles. The van der Waals surface area contributed by atoms with Gasteiger partial charge < -0.3 is 0 Å². The molecule has 1 unspecified atom stereocenters. The van der Waals surface area contributed by atoms with E-state index in [-0.39, 0.29) is 6.42 Å². The lowest BCUT2D eigenvalue weighted by molar-refractivity contribution is -0.117. The minimum Gasteiger partial charge on any atom is -0.297 e. The number of Topliss-reactive ketones (excluding diaryl/α,β-unsaturated/α-hetero) is 1. The van der Waals surface area contributed by atoms with Crippen molar-refractivity contribution in [1.29, 1.82) is 5.26 Å². The molecule has 0 radical (unpaired) electrons. The monoisotopic (exact) mass is 213 g/mol. The van der Waals surface area contributed by atoms with Gasteiger partial charge >= 0.3 is 0 Å². The van der Waals surface area contributed by atoms with E-state index < -0.39 is 15.5 Å². The maximum atomic E-state index is 10.7. The summed E-state index contributed by atoms with van der Waals surface area (Å²) in [6.07, 6.45) is -0.0521. The molecule has 2 nitrogen and oxygen atoms in total. The molecule has 0 spiro atoms. The smallest absolute Gasteiger partial charge is 0.178 e. The Morgan fingerprint density at radius 1 is 1.73 bits per heavy atom. The van der Waals surface area contributed by atoms with E-state index in [2.05, 4.69) is 0 Å². The van der Waals surface area contributed by atoms with E-state index in [1.165, 1.54) is 6.92 Å². The molecule has 1 atom stereocenters. The zero-order valence-corrected chi connectivity index (χ0v) is 8.04. The van der Waals surface area contributed by atoms with Crippen LogP contribution in [0, 0.1) is 11.3 Å². The number of nitriles is 1. The van der Waals surface area contributed by atoms with E-state index in [1.807, 2.05) is 0 Å². The van der Waals surface area contributed by atoms with E-state index in [4.69, 9.17) is 40.1 Å². The molecule has 0 aliphatic rings. The average molecular weight is 214 g/mol. The van der Waals surface area contributed by atoms with Gasteiger partial charge in [0.15, 0.2) is 10.1 Å². The number of hydrogen-bond donors (Lipinski definition) is 0. The highest BCUT2D eigenvalue weighted by Gasteiger charge is 2.32. The summed E-state index contributed by atoms with van der Waals surface area (Å²) in [6, 6.07) is 1.72. The molecule has 0 amide bonds. The molecule has 62 valence electrons. The standard InChI is InChI=1S/C6H6Cl3NO/c1-4(11)6(8,9)2-5(7)3-10/h5H,2H2,1H3. The Morgan fingerprint density at radius 3 is 2.45 bits per heavy atom. The van der Waals surface area contributed by atoms with Crippen LogP contribution in [0.5, 0.6) is 0 Å². The molecule has 0 fully saturated rings. The third kappa shape index (κ3) is 3.81. The summed E-state index contributed by atoms with van der Waals surface area (Å²) >= 11 is 16.5.